The van der Waals surface area contributed by atoms with Crippen molar-refractivity contribution in [3.05, 3.63) is 0 Å². The number of esters is 3. The van der Waals surface area contributed by atoms with Crippen LogP contribution in [0.5, 0.6) is 0 Å². The molecule has 0 atom stereocenters. The topological polar surface area (TPSA) is 78.9 Å². The highest BCUT2D eigenvalue weighted by atomic mass is 79.9. The maximum Gasteiger partial charge on any atom is 0.316 e. The normalized spacial score (nSPS) is 10.9. The average Bonchev–Trinajstić information content (AvgIpc) is 2.53. The number of alkyl halides is 3. The first-order valence-electron chi connectivity index (χ1n) is 6.07. The van der Waals surface area contributed by atoms with Gasteiger partial charge in [-0.1, -0.05) is 54.7 Å². The van der Waals surface area contributed by atoms with Gasteiger partial charge < -0.3 is 14.2 Å². The number of hydrogen-bond acceptors (Lipinski definition) is 6. The van der Waals surface area contributed by atoms with Gasteiger partial charge in [0.25, 0.3) is 0 Å². The van der Waals surface area contributed by atoms with Crippen molar-refractivity contribution < 1.29 is 28.6 Å². The van der Waals surface area contributed by atoms with E-state index in [4.69, 9.17) is 14.2 Å². The number of hydrogen-bond donors (Lipinski definition) is 0. The zero-order chi connectivity index (χ0) is 16.3. The molecule has 0 fully saturated rings. The summed E-state index contributed by atoms with van der Waals surface area (Å²) in [5.41, 5.74) is -0.756. The van der Waals surface area contributed by atoms with Crippen molar-refractivity contribution in [1.29, 1.82) is 0 Å². The molecular formula is C12H17Br3O6. The van der Waals surface area contributed by atoms with Gasteiger partial charge in [0.2, 0.25) is 0 Å². The largest absolute Gasteiger partial charge is 0.464 e. The van der Waals surface area contributed by atoms with Crippen LogP contribution >= 0.6 is 47.8 Å². The van der Waals surface area contributed by atoms with E-state index in [1.54, 1.807) is 0 Å². The molecule has 0 heterocycles. The lowest BCUT2D eigenvalue weighted by Gasteiger charge is -2.30. The van der Waals surface area contributed by atoms with Crippen molar-refractivity contribution in [3.8, 4) is 0 Å². The smallest absolute Gasteiger partial charge is 0.316 e. The zero-order valence-electron chi connectivity index (χ0n) is 11.5. The minimum Gasteiger partial charge on any atom is -0.464 e. The number of carbonyl (C=O) groups is 3. The van der Waals surface area contributed by atoms with Crippen molar-refractivity contribution in [2.45, 2.75) is 13.3 Å². The Balaban J connectivity index is 4.76. The highest BCUT2D eigenvalue weighted by molar-refractivity contribution is 9.09. The van der Waals surface area contributed by atoms with Crippen molar-refractivity contribution >= 4 is 65.7 Å². The third-order valence-corrected chi connectivity index (χ3v) is 4.07. The van der Waals surface area contributed by atoms with Gasteiger partial charge >= 0.3 is 17.9 Å². The molecule has 6 nitrogen and oxygen atoms in total. The Labute approximate surface area is 148 Å². The van der Waals surface area contributed by atoms with Gasteiger partial charge in [-0.25, -0.2) is 0 Å². The van der Waals surface area contributed by atoms with Crippen LogP contribution in [0.4, 0.5) is 0 Å². The lowest BCUT2D eigenvalue weighted by atomic mass is 9.88. The fourth-order valence-electron chi connectivity index (χ4n) is 1.25. The molecule has 0 rings (SSSR count). The molecule has 0 saturated heterocycles. The number of ether oxygens (including phenoxy) is 3. The number of carbonyl (C=O) groups excluding carboxylic acids is 3. The van der Waals surface area contributed by atoms with Gasteiger partial charge in [-0.15, -0.1) is 0 Å². The standard InChI is InChI=1S/C12H17Br3O6/c1-2-12(6-19-9(16)3-13,7-20-10(17)4-14)8-21-11(18)5-15/h2-8H2,1H3. The second-order valence-electron chi connectivity index (χ2n) is 4.24. The fraction of sp³-hybridized carbons (Fsp3) is 0.750. The van der Waals surface area contributed by atoms with Crippen molar-refractivity contribution in [2.24, 2.45) is 5.41 Å². The quantitative estimate of drug-likeness (QED) is 0.262. The predicted octanol–water partition coefficient (Wildman–Crippen LogP) is 2.20. The molecule has 0 N–H and O–H groups in total. The second-order valence-corrected chi connectivity index (χ2v) is 5.92. The molecule has 0 saturated carbocycles. The van der Waals surface area contributed by atoms with E-state index in [0.717, 1.165) is 0 Å². The van der Waals surface area contributed by atoms with Crippen LogP contribution in [-0.4, -0.2) is 53.7 Å². The van der Waals surface area contributed by atoms with Crippen LogP contribution in [0.3, 0.4) is 0 Å². The van der Waals surface area contributed by atoms with E-state index in [2.05, 4.69) is 47.8 Å². The van der Waals surface area contributed by atoms with Gasteiger partial charge in [0, 0.05) is 0 Å². The third-order valence-electron chi connectivity index (χ3n) is 2.70. The summed E-state index contributed by atoms with van der Waals surface area (Å²) in [6.45, 7) is 1.84. The molecular weight excluding hydrogens is 480 g/mol. The first-order valence-corrected chi connectivity index (χ1v) is 9.44. The molecule has 0 bridgehead atoms. The van der Waals surface area contributed by atoms with Crippen LogP contribution in [-0.2, 0) is 28.6 Å². The Morgan fingerprint density at radius 3 is 1.24 bits per heavy atom. The summed E-state index contributed by atoms with van der Waals surface area (Å²) in [5.74, 6) is -1.32. The molecule has 0 aliphatic heterocycles. The van der Waals surface area contributed by atoms with Crippen molar-refractivity contribution in [3.63, 3.8) is 0 Å². The van der Waals surface area contributed by atoms with Gasteiger partial charge in [-0.05, 0) is 6.42 Å². The highest BCUT2D eigenvalue weighted by Crippen LogP contribution is 2.24. The van der Waals surface area contributed by atoms with Crippen LogP contribution in [0, 0.1) is 5.41 Å². The molecule has 0 aromatic heterocycles. The lowest BCUT2D eigenvalue weighted by molar-refractivity contribution is -0.158. The van der Waals surface area contributed by atoms with E-state index in [1.807, 2.05) is 6.92 Å². The first kappa shape index (κ1) is 20.9. The maximum absolute atomic E-state index is 11.3. The molecule has 9 heteroatoms. The van der Waals surface area contributed by atoms with E-state index < -0.39 is 23.3 Å². The van der Waals surface area contributed by atoms with Crippen LogP contribution in [0.2, 0.25) is 0 Å². The first-order chi connectivity index (χ1) is 9.92. The van der Waals surface area contributed by atoms with Crippen LogP contribution in [0.15, 0.2) is 0 Å². The summed E-state index contributed by atoms with van der Waals surface area (Å²) in [7, 11) is 0. The Bertz CT molecular complexity index is 311. The molecule has 0 radical (unpaired) electrons. The number of rotatable bonds is 10. The van der Waals surface area contributed by atoms with E-state index in [9.17, 15) is 14.4 Å². The predicted molar refractivity (Wildman–Crippen MR) is 87.0 cm³/mol. The zero-order valence-corrected chi connectivity index (χ0v) is 16.3. The molecule has 0 aromatic carbocycles. The summed E-state index contributed by atoms with van der Waals surface area (Å²) in [5, 5.41) is 0.194. The van der Waals surface area contributed by atoms with Crippen molar-refractivity contribution in [2.75, 3.05) is 35.8 Å². The van der Waals surface area contributed by atoms with Crippen molar-refractivity contribution in [1.82, 2.24) is 0 Å². The molecule has 0 aliphatic rings. The van der Waals surface area contributed by atoms with E-state index >= 15 is 0 Å². The SMILES string of the molecule is CCC(COC(=O)CBr)(COC(=O)CBr)COC(=O)CBr. The Kier molecular flexibility index (Phi) is 11.3. The second kappa shape index (κ2) is 11.4. The lowest BCUT2D eigenvalue weighted by Crippen LogP contribution is -2.39. The Hall–Kier alpha value is -0.150. The molecule has 0 spiro atoms. The van der Waals surface area contributed by atoms with Gasteiger partial charge in [-0.3, -0.25) is 14.4 Å². The third kappa shape index (κ3) is 8.77. The minimum absolute atomic E-state index is 0.000928. The van der Waals surface area contributed by atoms with Gasteiger partial charge in [0.1, 0.15) is 35.8 Å². The number of halogens is 3. The fourth-order valence-corrected chi connectivity index (χ4v) is 1.73. The summed E-state index contributed by atoms with van der Waals surface area (Å²) in [4.78, 5) is 33.8. The highest BCUT2D eigenvalue weighted by Gasteiger charge is 2.34. The Morgan fingerprint density at radius 2 is 1.05 bits per heavy atom. The summed E-state index contributed by atoms with van der Waals surface area (Å²) < 4.78 is 15.3. The molecule has 0 aliphatic carbocycles. The minimum atomic E-state index is -0.756. The van der Waals surface area contributed by atoms with E-state index in [1.165, 1.54) is 0 Å². The maximum atomic E-state index is 11.3. The molecule has 0 unspecified atom stereocenters. The van der Waals surface area contributed by atoms with Crippen LogP contribution in [0.25, 0.3) is 0 Å². The average molecular weight is 497 g/mol. The molecule has 0 amide bonds. The summed E-state index contributed by atoms with van der Waals surface area (Å²) in [6, 6.07) is 0. The van der Waals surface area contributed by atoms with Gasteiger partial charge in [-0.2, -0.15) is 0 Å². The molecule has 21 heavy (non-hydrogen) atoms. The van der Waals surface area contributed by atoms with Gasteiger partial charge in [0.15, 0.2) is 0 Å². The summed E-state index contributed by atoms with van der Waals surface area (Å²) in [6.07, 6.45) is 0.508. The van der Waals surface area contributed by atoms with E-state index in [0.29, 0.717) is 6.42 Å². The van der Waals surface area contributed by atoms with Crippen LogP contribution in [0.1, 0.15) is 13.3 Å². The van der Waals surface area contributed by atoms with E-state index in [-0.39, 0.29) is 35.8 Å². The van der Waals surface area contributed by atoms with Crippen LogP contribution < -0.4 is 0 Å². The summed E-state index contributed by atoms with van der Waals surface area (Å²) >= 11 is 8.98. The van der Waals surface area contributed by atoms with Gasteiger partial charge in [0.05, 0.1) is 5.41 Å². The Morgan fingerprint density at radius 1 is 0.762 bits per heavy atom. The molecule has 122 valence electrons. The molecule has 0 aromatic rings. The monoisotopic (exact) mass is 494 g/mol.